The molecule has 0 bridgehead atoms. The van der Waals surface area contributed by atoms with E-state index < -0.39 is 11.9 Å². The van der Waals surface area contributed by atoms with Crippen molar-refractivity contribution in [2.75, 3.05) is 0 Å². The van der Waals surface area contributed by atoms with Gasteiger partial charge >= 0.3 is 5.97 Å². The van der Waals surface area contributed by atoms with E-state index in [4.69, 9.17) is 27.9 Å². The van der Waals surface area contributed by atoms with Gasteiger partial charge in [0.2, 0.25) is 0 Å². The van der Waals surface area contributed by atoms with Gasteiger partial charge in [0.25, 0.3) is 5.91 Å². The molecule has 9 heteroatoms. The lowest BCUT2D eigenvalue weighted by molar-refractivity contribution is 0.0734. The first kappa shape index (κ1) is 27.6. The minimum absolute atomic E-state index is 0.273. The van der Waals surface area contributed by atoms with E-state index in [9.17, 15) is 9.59 Å². The molecule has 200 valence electrons. The number of hydrazone groups is 1. The molecule has 0 aliphatic heterocycles. The molecule has 2 N–H and O–H groups in total. The fourth-order valence-electron chi connectivity index (χ4n) is 4.44. The van der Waals surface area contributed by atoms with Crippen LogP contribution in [0.5, 0.6) is 5.75 Å². The molecule has 0 fully saturated rings. The summed E-state index contributed by atoms with van der Waals surface area (Å²) in [6.07, 6.45) is 1.42. The summed E-state index contributed by atoms with van der Waals surface area (Å²) in [6, 6.07) is 23.0. The number of H-pyrrole nitrogens is 1. The van der Waals surface area contributed by atoms with Gasteiger partial charge in [0.15, 0.2) is 0 Å². The Labute approximate surface area is 249 Å². The summed E-state index contributed by atoms with van der Waals surface area (Å²) in [7, 11) is 0. The lowest BCUT2D eigenvalue weighted by atomic mass is 9.99. The second-order valence-electron chi connectivity index (χ2n) is 9.14. The maximum absolute atomic E-state index is 13.4. The van der Waals surface area contributed by atoms with Crippen LogP contribution in [-0.2, 0) is 0 Å². The maximum atomic E-state index is 13.4. The number of nitrogens with one attached hydrogen (secondary N) is 2. The minimum atomic E-state index is -0.550. The molecule has 0 aliphatic rings. The molecule has 1 aromatic heterocycles. The zero-order valence-electron chi connectivity index (χ0n) is 21.4. The number of amides is 1. The number of ether oxygens (including phenoxy) is 1. The second kappa shape index (κ2) is 11.7. The number of halogens is 3. The Morgan fingerprint density at radius 3 is 2.48 bits per heavy atom. The molecule has 0 aliphatic carbocycles. The highest BCUT2D eigenvalue weighted by Gasteiger charge is 2.22. The van der Waals surface area contributed by atoms with Crippen molar-refractivity contribution in [3.63, 3.8) is 0 Å². The number of rotatable bonds is 6. The quantitative estimate of drug-likeness (QED) is 0.0850. The smallest absolute Gasteiger partial charge is 0.343 e. The van der Waals surface area contributed by atoms with Crippen LogP contribution >= 0.6 is 39.1 Å². The van der Waals surface area contributed by atoms with E-state index in [0.717, 1.165) is 32.1 Å². The van der Waals surface area contributed by atoms with Crippen LogP contribution in [0.1, 0.15) is 37.5 Å². The van der Waals surface area contributed by atoms with Gasteiger partial charge < -0.3 is 9.72 Å². The fraction of sp³-hybridized carbons (Fsp3) is 0.0645. The van der Waals surface area contributed by atoms with Crippen molar-refractivity contribution in [2.45, 2.75) is 13.8 Å². The molecule has 4 aromatic carbocycles. The number of hydrogen-bond donors (Lipinski definition) is 2. The van der Waals surface area contributed by atoms with E-state index in [-0.39, 0.29) is 5.75 Å². The van der Waals surface area contributed by atoms with Crippen LogP contribution in [0.4, 0.5) is 0 Å². The van der Waals surface area contributed by atoms with Gasteiger partial charge in [-0.1, -0.05) is 69.0 Å². The number of nitrogens with zero attached hydrogens (tertiary/aromatic N) is 1. The largest absolute Gasteiger partial charge is 0.422 e. The lowest BCUT2D eigenvalue weighted by Gasteiger charge is -2.09. The van der Waals surface area contributed by atoms with Crippen LogP contribution in [0.25, 0.3) is 22.0 Å². The summed E-state index contributed by atoms with van der Waals surface area (Å²) in [5.41, 5.74) is 8.10. The van der Waals surface area contributed by atoms with Crippen LogP contribution in [0.3, 0.4) is 0 Å². The van der Waals surface area contributed by atoms with E-state index in [1.165, 1.54) is 6.21 Å². The molecule has 0 saturated heterocycles. The fourth-order valence-corrected chi connectivity index (χ4v) is 5.18. The van der Waals surface area contributed by atoms with E-state index in [1.54, 1.807) is 48.5 Å². The second-order valence-corrected chi connectivity index (χ2v) is 10.9. The number of aromatic amines is 1. The van der Waals surface area contributed by atoms with Crippen molar-refractivity contribution in [1.82, 2.24) is 10.4 Å². The van der Waals surface area contributed by atoms with Crippen molar-refractivity contribution in [3.05, 3.63) is 121 Å². The Hall–Kier alpha value is -3.91. The predicted octanol–water partition coefficient (Wildman–Crippen LogP) is 8.50. The van der Waals surface area contributed by atoms with E-state index in [2.05, 4.69) is 37.5 Å². The minimum Gasteiger partial charge on any atom is -0.422 e. The highest BCUT2D eigenvalue weighted by molar-refractivity contribution is 9.10. The molecular formula is C31H22BrCl2N3O3. The van der Waals surface area contributed by atoms with Crippen LogP contribution in [0.15, 0.2) is 88.4 Å². The SMILES string of the molecule is Cc1cc(C)c2[nH]c(C(=O)NN=Cc3cc(Br)ccc3OC(=O)c3ccc(Cl)cc3)c(-c3ccccc3Cl)c2c1. The monoisotopic (exact) mass is 633 g/mol. The number of benzene rings is 4. The molecule has 6 nitrogen and oxygen atoms in total. The van der Waals surface area contributed by atoms with Crippen LogP contribution in [0.2, 0.25) is 10.0 Å². The summed E-state index contributed by atoms with van der Waals surface area (Å²) in [5.74, 6) is -0.727. The highest BCUT2D eigenvalue weighted by atomic mass is 79.9. The van der Waals surface area contributed by atoms with E-state index in [1.807, 2.05) is 38.1 Å². The molecule has 1 amide bonds. The molecule has 0 spiro atoms. The first-order valence-electron chi connectivity index (χ1n) is 12.2. The number of esters is 1. The molecule has 0 atom stereocenters. The highest BCUT2D eigenvalue weighted by Crippen LogP contribution is 2.38. The third kappa shape index (κ3) is 5.82. The molecule has 0 saturated carbocycles. The average molecular weight is 635 g/mol. The van der Waals surface area contributed by atoms with E-state index in [0.29, 0.717) is 32.4 Å². The van der Waals surface area contributed by atoms with Crippen molar-refractivity contribution in [2.24, 2.45) is 5.10 Å². The van der Waals surface area contributed by atoms with Crippen molar-refractivity contribution < 1.29 is 14.3 Å². The number of aryl methyl sites for hydroxylation is 2. The topological polar surface area (TPSA) is 83.6 Å². The number of carbonyl (C=O) groups excluding carboxylic acids is 2. The molecule has 1 heterocycles. The third-order valence-electron chi connectivity index (χ3n) is 6.24. The molecule has 0 radical (unpaired) electrons. The average Bonchev–Trinajstić information content (AvgIpc) is 3.30. The Bertz CT molecular complexity index is 1800. The Kier molecular flexibility index (Phi) is 8.07. The zero-order valence-corrected chi connectivity index (χ0v) is 24.5. The summed E-state index contributed by atoms with van der Waals surface area (Å²) in [4.78, 5) is 29.4. The number of fused-ring (bicyclic) bond motifs is 1. The van der Waals surface area contributed by atoms with Gasteiger partial charge in [-0.3, -0.25) is 4.79 Å². The summed E-state index contributed by atoms with van der Waals surface area (Å²) < 4.78 is 6.34. The van der Waals surface area contributed by atoms with Crippen molar-refractivity contribution in [3.8, 4) is 16.9 Å². The van der Waals surface area contributed by atoms with Crippen LogP contribution in [0, 0.1) is 13.8 Å². The van der Waals surface area contributed by atoms with Crippen LogP contribution in [-0.4, -0.2) is 23.1 Å². The number of aromatic nitrogens is 1. The maximum Gasteiger partial charge on any atom is 0.343 e. The van der Waals surface area contributed by atoms with Crippen LogP contribution < -0.4 is 10.2 Å². The van der Waals surface area contributed by atoms with Crippen molar-refractivity contribution in [1.29, 1.82) is 0 Å². The third-order valence-corrected chi connectivity index (χ3v) is 7.32. The van der Waals surface area contributed by atoms with Gasteiger partial charge in [-0.05, 0) is 74.0 Å². The molecule has 40 heavy (non-hydrogen) atoms. The number of hydrogen-bond acceptors (Lipinski definition) is 4. The Morgan fingerprint density at radius 1 is 0.975 bits per heavy atom. The normalized spacial score (nSPS) is 11.2. The van der Waals surface area contributed by atoms with Gasteiger partial charge in [-0.15, -0.1) is 0 Å². The first-order valence-corrected chi connectivity index (χ1v) is 13.7. The Balaban J connectivity index is 1.45. The summed E-state index contributed by atoms with van der Waals surface area (Å²) in [5, 5.41) is 6.11. The van der Waals surface area contributed by atoms with Crippen molar-refractivity contribution >= 4 is 68.1 Å². The number of carbonyl (C=O) groups is 2. The van der Waals surface area contributed by atoms with Gasteiger partial charge in [0.05, 0.1) is 11.8 Å². The molecule has 5 rings (SSSR count). The first-order chi connectivity index (χ1) is 19.2. The van der Waals surface area contributed by atoms with Gasteiger partial charge in [0.1, 0.15) is 11.4 Å². The van der Waals surface area contributed by atoms with Gasteiger partial charge in [0, 0.05) is 42.1 Å². The molecule has 0 unspecified atom stereocenters. The summed E-state index contributed by atoms with van der Waals surface area (Å²) in [6.45, 7) is 4.00. The molecule has 5 aromatic rings. The zero-order chi connectivity index (χ0) is 28.4. The lowest BCUT2D eigenvalue weighted by Crippen LogP contribution is -2.19. The Morgan fingerprint density at radius 2 is 1.73 bits per heavy atom. The predicted molar refractivity (Wildman–Crippen MR) is 164 cm³/mol. The van der Waals surface area contributed by atoms with Gasteiger partial charge in [-0.2, -0.15) is 5.10 Å². The summed E-state index contributed by atoms with van der Waals surface area (Å²) >= 11 is 15.9. The van der Waals surface area contributed by atoms with Gasteiger partial charge in [-0.25, -0.2) is 10.2 Å². The molecular weight excluding hydrogens is 613 g/mol. The standard InChI is InChI=1S/C31H22BrCl2N3O3/c1-17-13-18(2)28-24(14-17)27(23-5-3-4-6-25(23)34)29(36-28)30(38)37-35-16-20-15-21(32)9-12-26(20)40-31(39)19-7-10-22(33)11-8-19/h3-16,36H,1-2H3,(H,37,38). The van der Waals surface area contributed by atoms with E-state index >= 15 is 0 Å².